The van der Waals surface area contributed by atoms with Crippen LogP contribution < -0.4 is 16.0 Å². The number of carbonyl (C=O) groups excluding carboxylic acids is 3. The van der Waals surface area contributed by atoms with Gasteiger partial charge in [-0.05, 0) is 44.9 Å². The molecule has 0 bridgehead atoms. The highest BCUT2D eigenvalue weighted by Gasteiger charge is 2.49. The lowest BCUT2D eigenvalue weighted by Gasteiger charge is -2.41. The molecule has 0 rings (SSSR count). The zero-order valence-corrected chi connectivity index (χ0v) is 75.6. The molecule has 0 radical (unpaired) electrons. The van der Waals surface area contributed by atoms with Crippen LogP contribution >= 0.6 is 0 Å². The summed E-state index contributed by atoms with van der Waals surface area (Å²) in [5.74, 6) is -1.03. The van der Waals surface area contributed by atoms with Crippen molar-refractivity contribution in [1.82, 2.24) is 16.0 Å². The second kappa shape index (κ2) is 79.4. The van der Waals surface area contributed by atoms with E-state index in [-0.39, 0.29) is 43.0 Å². The molecule has 0 aromatic rings. The zero-order valence-electron chi connectivity index (χ0n) is 74.6. The summed E-state index contributed by atoms with van der Waals surface area (Å²) in [7, 11) is -2.08. The Hall–Kier alpha value is -1.77. The van der Waals surface area contributed by atoms with Crippen LogP contribution in [0.5, 0.6) is 0 Å². The molecule has 16 nitrogen and oxygen atoms in total. The maximum atomic E-state index is 14.0. The van der Waals surface area contributed by atoms with Gasteiger partial charge in [-0.25, -0.2) is 0 Å². The predicted molar refractivity (Wildman–Crippen MR) is 471 cm³/mol. The monoisotopic (exact) mass is 1600 g/mol. The Balaban J connectivity index is 7.13. The molecular formula is C94H191N4O12Si+. The van der Waals surface area contributed by atoms with Crippen molar-refractivity contribution in [3.05, 3.63) is 0 Å². The van der Waals surface area contributed by atoms with Gasteiger partial charge in [-0.1, -0.05) is 407 Å². The Morgan fingerprint density at radius 1 is 0.243 bits per heavy atom. The van der Waals surface area contributed by atoms with Gasteiger partial charge in [0.1, 0.15) is 16.6 Å². The summed E-state index contributed by atoms with van der Waals surface area (Å²) in [6, 6.07) is 0.136. The van der Waals surface area contributed by atoms with Crippen LogP contribution in [0.4, 0.5) is 0 Å². The summed E-state index contributed by atoms with van der Waals surface area (Å²) < 4.78 is 22.0. The van der Waals surface area contributed by atoms with E-state index >= 15 is 0 Å². The van der Waals surface area contributed by atoms with E-state index in [9.17, 15) is 45.0 Å². The summed E-state index contributed by atoms with van der Waals surface area (Å²) >= 11 is 0. The number of nitrogens with one attached hydrogen (secondary N) is 3. The maximum Gasteiger partial charge on any atom is 0.501 e. The standard InChI is InChI=1S/C94H190N4O12Si/c1-7-12-17-22-27-32-37-40-43-46-49-52-57-62-67-73-89(105)95-92(80-99,81-100)86-108-111(109-87-93(82-101,83-102)96-90(106)74-68-63-58-53-50-47-44-41-38-33-28-23-18-13-8-2,110-88-94(84-103,85-104)97-91(107)75-69-64-59-54-51-48-45-42-39-34-29-24-19-14-9-3)79-72-78-98(6,76-70-65-60-55-35-30-25-20-15-10-4)77-71-66-61-56-36-31-26-21-16-11-5/h99-104H,7-88H2,1-6H3,(H2-,95,96,97,105,106,107)/p+1. The van der Waals surface area contributed by atoms with Gasteiger partial charge in [0, 0.05) is 31.7 Å². The summed E-state index contributed by atoms with van der Waals surface area (Å²) in [4.78, 5) is 42.1. The average molecular weight is 1600 g/mol. The first kappa shape index (κ1) is 109. The van der Waals surface area contributed by atoms with Gasteiger partial charge < -0.3 is 64.4 Å². The SMILES string of the molecule is CCCCCCCCCCCCCCCCCC(=O)NC(CO)(CO)CO[Si](CCC[N+](C)(CCCCCCCCCCCC)CCCCCCCCCCCC)(OCC(CO)(CO)NC(=O)CCCCCCCCCCCCCCCCC)OCC(CO)(CO)NC(=O)CCCCCCCCCCCCCCCCC. The number of aliphatic hydroxyl groups excluding tert-OH is 6. The molecule has 111 heavy (non-hydrogen) atoms. The van der Waals surface area contributed by atoms with Crippen molar-refractivity contribution in [3.8, 4) is 0 Å². The van der Waals surface area contributed by atoms with E-state index in [1.807, 2.05) is 0 Å². The molecule has 0 unspecified atom stereocenters. The first-order chi connectivity index (χ1) is 54.2. The van der Waals surface area contributed by atoms with Crippen molar-refractivity contribution in [2.24, 2.45) is 0 Å². The number of nitrogens with zero attached hydrogens (tertiary/aromatic N) is 1. The number of quaternary nitrogens is 1. The molecule has 0 saturated carbocycles. The quantitative estimate of drug-likeness (QED) is 0.0157. The van der Waals surface area contributed by atoms with Crippen LogP contribution in [0.25, 0.3) is 0 Å². The lowest BCUT2D eigenvalue weighted by Crippen LogP contribution is -2.65. The molecule has 3 amide bonds. The minimum atomic E-state index is -4.43. The van der Waals surface area contributed by atoms with Gasteiger partial charge in [-0.3, -0.25) is 14.4 Å². The van der Waals surface area contributed by atoms with Crippen molar-refractivity contribution in [1.29, 1.82) is 0 Å². The van der Waals surface area contributed by atoms with E-state index in [2.05, 4.69) is 57.6 Å². The Bertz CT molecular complexity index is 1790. The van der Waals surface area contributed by atoms with Crippen LogP contribution in [-0.4, -0.2) is 164 Å². The summed E-state index contributed by atoms with van der Waals surface area (Å²) in [6.45, 7) is 8.44. The van der Waals surface area contributed by atoms with Gasteiger partial charge in [-0.2, -0.15) is 0 Å². The van der Waals surface area contributed by atoms with Crippen LogP contribution in [0.15, 0.2) is 0 Å². The fourth-order valence-corrected chi connectivity index (χ4v) is 18.6. The lowest BCUT2D eigenvalue weighted by molar-refractivity contribution is -0.910. The van der Waals surface area contributed by atoms with Crippen molar-refractivity contribution in [3.63, 3.8) is 0 Å². The van der Waals surface area contributed by atoms with Gasteiger partial charge >= 0.3 is 8.80 Å². The van der Waals surface area contributed by atoms with Crippen molar-refractivity contribution in [2.75, 3.05) is 86.1 Å². The van der Waals surface area contributed by atoms with Crippen molar-refractivity contribution in [2.45, 2.75) is 500 Å². The fraction of sp³-hybridized carbons (Fsp3) is 0.968. The van der Waals surface area contributed by atoms with Gasteiger partial charge in [0.2, 0.25) is 17.7 Å². The molecule has 0 aliphatic rings. The van der Waals surface area contributed by atoms with Gasteiger partial charge in [-0.15, -0.1) is 0 Å². The third kappa shape index (κ3) is 64.9. The first-order valence-electron chi connectivity index (χ1n) is 48.5. The lowest BCUT2D eigenvalue weighted by atomic mass is 10.0. The zero-order chi connectivity index (χ0) is 81.5. The van der Waals surface area contributed by atoms with E-state index in [1.54, 1.807) is 0 Å². The van der Waals surface area contributed by atoms with Crippen LogP contribution in [-0.2, 0) is 27.7 Å². The molecule has 0 atom stereocenters. The normalized spacial score (nSPS) is 12.4. The van der Waals surface area contributed by atoms with Crippen molar-refractivity contribution >= 4 is 26.5 Å². The average Bonchev–Trinajstić information content (AvgIpc) is 0.807. The number of amides is 3. The molecule has 0 spiro atoms. The molecule has 17 heteroatoms. The summed E-state index contributed by atoms with van der Waals surface area (Å²) in [5.41, 5.74) is -5.11. The number of hydrogen-bond donors (Lipinski definition) is 9. The van der Waals surface area contributed by atoms with Crippen molar-refractivity contribution < 1.29 is 62.8 Å². The Kier molecular flexibility index (Phi) is 78.1. The van der Waals surface area contributed by atoms with Crippen LogP contribution in [0.2, 0.25) is 6.04 Å². The predicted octanol–water partition coefficient (Wildman–Crippen LogP) is 23.0. The molecule has 0 aromatic heterocycles. The third-order valence-electron chi connectivity index (χ3n) is 24.0. The van der Waals surface area contributed by atoms with Gasteiger partial charge in [0.05, 0.1) is 86.1 Å². The highest BCUT2D eigenvalue weighted by atomic mass is 28.4. The fourth-order valence-electron chi connectivity index (χ4n) is 15.9. The topological polar surface area (TPSA) is 236 Å². The van der Waals surface area contributed by atoms with E-state index < -0.39 is 84.9 Å². The smallest absolute Gasteiger partial charge is 0.394 e. The molecule has 0 heterocycles. The molecule has 0 fully saturated rings. The maximum absolute atomic E-state index is 14.0. The Morgan fingerprint density at radius 2 is 0.396 bits per heavy atom. The number of unbranched alkanes of at least 4 members (excludes halogenated alkanes) is 60. The summed E-state index contributed by atoms with van der Waals surface area (Å²) in [5, 5.41) is 76.8. The molecule has 0 saturated heterocycles. The van der Waals surface area contributed by atoms with Crippen LogP contribution in [0, 0.1) is 0 Å². The van der Waals surface area contributed by atoms with Crippen LogP contribution in [0.3, 0.4) is 0 Å². The van der Waals surface area contributed by atoms with Gasteiger partial charge in [0.25, 0.3) is 0 Å². The van der Waals surface area contributed by atoms with E-state index in [0.717, 1.165) is 101 Å². The number of hydrogen-bond acceptors (Lipinski definition) is 12. The van der Waals surface area contributed by atoms with E-state index in [0.29, 0.717) is 32.2 Å². The Labute approximate surface area is 688 Å². The largest absolute Gasteiger partial charge is 0.501 e. The van der Waals surface area contributed by atoms with Crippen LogP contribution in [0.1, 0.15) is 478 Å². The second-order valence-corrected chi connectivity index (χ2v) is 38.1. The molecule has 0 aromatic carbocycles. The first-order valence-corrected chi connectivity index (χ1v) is 50.4. The van der Waals surface area contributed by atoms with E-state index in [4.69, 9.17) is 13.3 Å². The highest BCUT2D eigenvalue weighted by Crippen LogP contribution is 2.28. The molecule has 0 aliphatic carbocycles. The molecular weight excluding hydrogens is 1410 g/mol. The number of carbonyl (C=O) groups is 3. The Morgan fingerprint density at radius 3 is 0.568 bits per heavy atom. The van der Waals surface area contributed by atoms with Gasteiger partial charge in [0.15, 0.2) is 0 Å². The summed E-state index contributed by atoms with van der Waals surface area (Å²) in [6.07, 6.45) is 79.7. The van der Waals surface area contributed by atoms with E-state index in [1.165, 1.54) is 315 Å². The molecule has 9 N–H and O–H groups in total. The molecule has 0 aliphatic heterocycles. The number of aliphatic hydroxyl groups is 6. The third-order valence-corrected chi connectivity index (χ3v) is 26.8. The highest BCUT2D eigenvalue weighted by molar-refractivity contribution is 6.60. The minimum absolute atomic E-state index is 0.136. The number of rotatable bonds is 92. The minimum Gasteiger partial charge on any atom is -0.394 e. The molecule has 662 valence electrons. The second-order valence-electron chi connectivity index (χ2n) is 35.3.